The highest BCUT2D eigenvalue weighted by molar-refractivity contribution is 9.10. The maximum Gasteiger partial charge on any atom is 0.387 e. The van der Waals surface area contributed by atoms with Crippen molar-refractivity contribution in [1.29, 1.82) is 0 Å². The monoisotopic (exact) mass is 383 g/mol. The number of nitrogens with two attached hydrogens (primary N) is 1. The van der Waals surface area contributed by atoms with Crippen LogP contribution in [0.2, 0.25) is 0 Å². The number of alkyl halides is 2. The van der Waals surface area contributed by atoms with E-state index in [-0.39, 0.29) is 18.3 Å². The van der Waals surface area contributed by atoms with Gasteiger partial charge in [-0.05, 0) is 42.8 Å². The van der Waals surface area contributed by atoms with Crippen molar-refractivity contribution in [3.05, 3.63) is 58.1 Å². The molecule has 0 aliphatic carbocycles. The summed E-state index contributed by atoms with van der Waals surface area (Å²) in [6.07, 6.45) is 0. The number of guanidine groups is 1. The van der Waals surface area contributed by atoms with Crippen LogP contribution in [0.15, 0.2) is 51.9 Å². The molecule has 0 amide bonds. The number of anilines is 1. The molecule has 2 aromatic carbocycles. The standard InChI is InChI=1S/C16H16BrF2N3O/c1-10-3-2-4-13(7-10)22-16(20)21-9-11-8-12(17)5-6-14(11)23-15(18)19/h2-8,15H,9H2,1H3,(H3,20,21,22). The highest BCUT2D eigenvalue weighted by Gasteiger charge is 2.10. The van der Waals surface area contributed by atoms with Crippen LogP contribution in [-0.4, -0.2) is 12.6 Å². The first kappa shape index (κ1) is 17.2. The number of hydrogen-bond donors (Lipinski definition) is 2. The molecular formula is C16H16BrF2N3O. The van der Waals surface area contributed by atoms with Crippen LogP contribution < -0.4 is 15.8 Å². The van der Waals surface area contributed by atoms with Crippen LogP contribution in [0.3, 0.4) is 0 Å². The first-order valence-corrected chi connectivity index (χ1v) is 7.60. The average molecular weight is 384 g/mol. The summed E-state index contributed by atoms with van der Waals surface area (Å²) < 4.78 is 30.1. The van der Waals surface area contributed by atoms with Crippen molar-refractivity contribution in [1.82, 2.24) is 0 Å². The number of rotatable bonds is 5. The number of ether oxygens (including phenoxy) is 1. The van der Waals surface area contributed by atoms with Gasteiger partial charge in [-0.2, -0.15) is 8.78 Å². The molecule has 0 saturated carbocycles. The number of nitrogens with one attached hydrogen (secondary N) is 1. The summed E-state index contributed by atoms with van der Waals surface area (Å²) in [5, 5.41) is 2.95. The number of halogens is 3. The predicted octanol–water partition coefficient (Wildman–Crippen LogP) is 4.29. The molecular weight excluding hydrogens is 368 g/mol. The number of benzene rings is 2. The zero-order valence-electron chi connectivity index (χ0n) is 12.4. The van der Waals surface area contributed by atoms with Gasteiger partial charge >= 0.3 is 6.61 Å². The molecule has 0 spiro atoms. The smallest absolute Gasteiger partial charge is 0.387 e. The lowest BCUT2D eigenvalue weighted by Gasteiger charge is -2.10. The van der Waals surface area contributed by atoms with Crippen molar-refractivity contribution in [2.75, 3.05) is 5.32 Å². The van der Waals surface area contributed by atoms with E-state index in [2.05, 4.69) is 31.0 Å². The van der Waals surface area contributed by atoms with E-state index < -0.39 is 6.61 Å². The molecule has 7 heteroatoms. The summed E-state index contributed by atoms with van der Waals surface area (Å²) in [5.74, 6) is 0.272. The summed E-state index contributed by atoms with van der Waals surface area (Å²) >= 11 is 3.29. The normalized spacial score (nSPS) is 11.6. The molecule has 2 aromatic rings. The summed E-state index contributed by atoms with van der Waals surface area (Å²) in [6.45, 7) is -0.804. The largest absolute Gasteiger partial charge is 0.434 e. The Morgan fingerprint density at radius 3 is 2.78 bits per heavy atom. The van der Waals surface area contributed by atoms with Crippen LogP contribution in [0, 0.1) is 6.92 Å². The second kappa shape index (κ2) is 7.92. The third kappa shape index (κ3) is 5.52. The Morgan fingerprint density at radius 2 is 2.09 bits per heavy atom. The van der Waals surface area contributed by atoms with Crippen LogP contribution in [0.5, 0.6) is 5.75 Å². The van der Waals surface area contributed by atoms with Gasteiger partial charge in [0.2, 0.25) is 0 Å². The Hall–Kier alpha value is -2.15. The van der Waals surface area contributed by atoms with Crippen LogP contribution in [0.25, 0.3) is 0 Å². The number of nitrogens with zero attached hydrogens (tertiary/aromatic N) is 1. The van der Waals surface area contributed by atoms with Crippen molar-refractivity contribution >= 4 is 27.6 Å². The van der Waals surface area contributed by atoms with Gasteiger partial charge in [-0.25, -0.2) is 4.99 Å². The minimum Gasteiger partial charge on any atom is -0.434 e. The van der Waals surface area contributed by atoms with Gasteiger partial charge in [0.25, 0.3) is 0 Å². The Morgan fingerprint density at radius 1 is 1.30 bits per heavy atom. The van der Waals surface area contributed by atoms with Gasteiger partial charge in [0.1, 0.15) is 5.75 Å². The minimum atomic E-state index is -2.89. The van der Waals surface area contributed by atoms with Gasteiger partial charge in [0.05, 0.1) is 6.54 Å². The van der Waals surface area contributed by atoms with Gasteiger partial charge < -0.3 is 15.8 Å². The minimum absolute atomic E-state index is 0.0790. The fourth-order valence-corrected chi connectivity index (χ4v) is 2.37. The van der Waals surface area contributed by atoms with Crippen molar-refractivity contribution in [2.45, 2.75) is 20.1 Å². The van der Waals surface area contributed by atoms with E-state index in [0.717, 1.165) is 15.7 Å². The SMILES string of the molecule is Cc1cccc(NC(N)=NCc2cc(Br)ccc2OC(F)F)c1. The zero-order valence-corrected chi connectivity index (χ0v) is 14.0. The van der Waals surface area contributed by atoms with Crippen LogP contribution in [0.4, 0.5) is 14.5 Å². The molecule has 0 heterocycles. The third-order valence-corrected chi connectivity index (χ3v) is 3.44. The first-order chi connectivity index (χ1) is 10.9. The molecule has 0 radical (unpaired) electrons. The van der Waals surface area contributed by atoms with Crippen molar-refractivity contribution in [3.8, 4) is 5.75 Å². The number of hydrogen-bond acceptors (Lipinski definition) is 2. The first-order valence-electron chi connectivity index (χ1n) is 6.81. The highest BCUT2D eigenvalue weighted by Crippen LogP contribution is 2.25. The lowest BCUT2D eigenvalue weighted by atomic mass is 10.2. The molecule has 2 rings (SSSR count). The quantitative estimate of drug-likeness (QED) is 0.598. The van der Waals surface area contributed by atoms with E-state index in [9.17, 15) is 8.78 Å². The van der Waals surface area contributed by atoms with Crippen molar-refractivity contribution in [3.63, 3.8) is 0 Å². The van der Waals surface area contributed by atoms with Crippen molar-refractivity contribution in [2.24, 2.45) is 10.7 Å². The topological polar surface area (TPSA) is 59.6 Å². The maximum absolute atomic E-state index is 12.4. The predicted molar refractivity (Wildman–Crippen MR) is 90.9 cm³/mol. The Labute approximate surface area is 141 Å². The molecule has 0 fully saturated rings. The van der Waals surface area contributed by atoms with E-state index in [1.807, 2.05) is 31.2 Å². The molecule has 0 atom stereocenters. The van der Waals surface area contributed by atoms with Gasteiger partial charge in [0, 0.05) is 15.7 Å². The van der Waals surface area contributed by atoms with E-state index >= 15 is 0 Å². The Balaban J connectivity index is 2.10. The van der Waals surface area contributed by atoms with E-state index in [1.54, 1.807) is 12.1 Å². The molecule has 0 aliphatic rings. The summed E-state index contributed by atoms with van der Waals surface area (Å²) in [7, 11) is 0. The van der Waals surface area contributed by atoms with E-state index in [1.165, 1.54) is 6.07 Å². The fourth-order valence-electron chi connectivity index (χ4n) is 1.96. The Kier molecular flexibility index (Phi) is 5.92. The number of aryl methyl sites for hydroxylation is 1. The fraction of sp³-hybridized carbons (Fsp3) is 0.188. The lowest BCUT2D eigenvalue weighted by Crippen LogP contribution is -2.22. The van der Waals surface area contributed by atoms with Gasteiger partial charge in [-0.1, -0.05) is 28.1 Å². The Bertz CT molecular complexity index is 707. The van der Waals surface area contributed by atoms with Crippen LogP contribution in [0.1, 0.15) is 11.1 Å². The number of aliphatic imine (C=N–C) groups is 1. The van der Waals surface area contributed by atoms with Crippen molar-refractivity contribution < 1.29 is 13.5 Å². The molecule has 0 aromatic heterocycles. The molecule has 0 aliphatic heterocycles. The summed E-state index contributed by atoms with van der Waals surface area (Å²) in [4.78, 5) is 4.17. The van der Waals surface area contributed by atoms with E-state index in [4.69, 9.17) is 5.73 Å². The van der Waals surface area contributed by atoms with Gasteiger partial charge in [-0.3, -0.25) is 0 Å². The highest BCUT2D eigenvalue weighted by atomic mass is 79.9. The van der Waals surface area contributed by atoms with Gasteiger partial charge in [-0.15, -0.1) is 0 Å². The van der Waals surface area contributed by atoms with Gasteiger partial charge in [0.15, 0.2) is 5.96 Å². The molecule has 0 saturated heterocycles. The molecule has 0 unspecified atom stereocenters. The molecule has 23 heavy (non-hydrogen) atoms. The van der Waals surface area contributed by atoms with E-state index in [0.29, 0.717) is 5.56 Å². The molecule has 4 nitrogen and oxygen atoms in total. The van der Waals surface area contributed by atoms with Crippen LogP contribution >= 0.6 is 15.9 Å². The summed E-state index contributed by atoms with van der Waals surface area (Å²) in [6, 6.07) is 12.4. The molecule has 0 bridgehead atoms. The average Bonchev–Trinajstić information content (AvgIpc) is 2.47. The second-order valence-corrected chi connectivity index (χ2v) is 5.74. The second-order valence-electron chi connectivity index (χ2n) is 4.83. The zero-order chi connectivity index (χ0) is 16.8. The molecule has 3 N–H and O–H groups in total. The third-order valence-electron chi connectivity index (χ3n) is 2.95. The molecule has 122 valence electrons. The van der Waals surface area contributed by atoms with Crippen LogP contribution in [-0.2, 0) is 6.54 Å². The summed E-state index contributed by atoms with van der Waals surface area (Å²) in [5.41, 5.74) is 8.23. The lowest BCUT2D eigenvalue weighted by molar-refractivity contribution is -0.0504. The maximum atomic E-state index is 12.4.